The van der Waals surface area contributed by atoms with E-state index in [1.165, 1.54) is 12.1 Å². The Labute approximate surface area is 139 Å². The third-order valence-corrected chi connectivity index (χ3v) is 4.38. The highest BCUT2D eigenvalue weighted by Gasteiger charge is 2.41. The topological polar surface area (TPSA) is 85.2 Å². The molecule has 0 bridgehead atoms. The normalized spacial score (nSPS) is 19.9. The summed E-state index contributed by atoms with van der Waals surface area (Å²) < 4.78 is 13.5. The van der Waals surface area contributed by atoms with Crippen molar-refractivity contribution < 1.29 is 14.0 Å². The van der Waals surface area contributed by atoms with Crippen molar-refractivity contribution >= 4 is 17.5 Å². The number of carbonyl (C=O) groups is 2. The van der Waals surface area contributed by atoms with Crippen LogP contribution in [0.2, 0.25) is 0 Å². The van der Waals surface area contributed by atoms with Crippen LogP contribution in [0.15, 0.2) is 18.2 Å². The predicted octanol–water partition coefficient (Wildman–Crippen LogP) is 1.24. The van der Waals surface area contributed by atoms with Gasteiger partial charge in [-0.15, -0.1) is 0 Å². The fourth-order valence-electron chi connectivity index (χ4n) is 2.96. The number of benzene rings is 1. The van der Waals surface area contributed by atoms with Crippen molar-refractivity contribution in [3.8, 4) is 6.07 Å². The van der Waals surface area contributed by atoms with Gasteiger partial charge in [0.15, 0.2) is 0 Å². The minimum Gasteiger partial charge on any atom is -0.382 e. The second kappa shape index (κ2) is 6.87. The molecule has 1 atom stereocenters. The van der Waals surface area contributed by atoms with Gasteiger partial charge in [0.1, 0.15) is 17.4 Å². The van der Waals surface area contributed by atoms with E-state index in [0.29, 0.717) is 31.4 Å². The molecule has 3 rings (SSSR count). The van der Waals surface area contributed by atoms with E-state index in [9.17, 15) is 14.0 Å². The van der Waals surface area contributed by atoms with Crippen molar-refractivity contribution in [2.45, 2.75) is 25.3 Å². The van der Waals surface area contributed by atoms with Crippen molar-refractivity contribution in [2.24, 2.45) is 5.92 Å². The standard InChI is InChI=1S/C17H19FN4O2/c18-14-2-1-3-15(13(14)9-19)20-6-7-21-17(24)11-8-16(23)22(10-11)12-4-5-12/h1-3,11-12,20H,4-8,10H2,(H,21,24). The van der Waals surface area contributed by atoms with Gasteiger partial charge in [0.25, 0.3) is 0 Å². The first-order valence-electron chi connectivity index (χ1n) is 8.10. The number of nitrogens with one attached hydrogen (secondary N) is 2. The Morgan fingerprint density at radius 2 is 2.17 bits per heavy atom. The van der Waals surface area contributed by atoms with Crippen LogP contribution in [-0.4, -0.2) is 42.4 Å². The number of rotatable bonds is 6. The molecular formula is C17H19FN4O2. The third-order valence-electron chi connectivity index (χ3n) is 4.38. The van der Waals surface area contributed by atoms with Crippen LogP contribution in [0.25, 0.3) is 0 Å². The van der Waals surface area contributed by atoms with E-state index >= 15 is 0 Å². The Morgan fingerprint density at radius 1 is 1.38 bits per heavy atom. The van der Waals surface area contributed by atoms with E-state index in [1.54, 1.807) is 6.07 Å². The van der Waals surface area contributed by atoms with Crippen LogP contribution in [-0.2, 0) is 9.59 Å². The fraction of sp³-hybridized carbons (Fsp3) is 0.471. The van der Waals surface area contributed by atoms with Crippen LogP contribution in [0, 0.1) is 23.1 Å². The summed E-state index contributed by atoms with van der Waals surface area (Å²) in [6, 6.07) is 6.53. The number of likely N-dealkylation sites (tertiary alicyclic amines) is 1. The molecule has 2 aliphatic rings. The number of nitrogens with zero attached hydrogens (tertiary/aromatic N) is 2. The second-order valence-corrected chi connectivity index (χ2v) is 6.17. The predicted molar refractivity (Wildman–Crippen MR) is 85.5 cm³/mol. The van der Waals surface area contributed by atoms with Crippen molar-refractivity contribution in [1.82, 2.24) is 10.2 Å². The maximum atomic E-state index is 13.5. The Balaban J connectivity index is 1.44. The molecule has 1 aromatic carbocycles. The van der Waals surface area contributed by atoms with Gasteiger partial charge < -0.3 is 15.5 Å². The van der Waals surface area contributed by atoms with Crippen molar-refractivity contribution in [3.63, 3.8) is 0 Å². The lowest BCUT2D eigenvalue weighted by Crippen LogP contribution is -2.36. The lowest BCUT2D eigenvalue weighted by Gasteiger charge is -2.15. The number of amides is 2. The zero-order valence-corrected chi connectivity index (χ0v) is 13.2. The van der Waals surface area contributed by atoms with E-state index in [4.69, 9.17) is 5.26 Å². The van der Waals surface area contributed by atoms with Gasteiger partial charge >= 0.3 is 0 Å². The maximum Gasteiger partial charge on any atom is 0.225 e. The van der Waals surface area contributed by atoms with Gasteiger partial charge in [0, 0.05) is 32.1 Å². The zero-order valence-electron chi connectivity index (χ0n) is 13.2. The first-order chi connectivity index (χ1) is 11.6. The zero-order chi connectivity index (χ0) is 17.1. The summed E-state index contributed by atoms with van der Waals surface area (Å²) in [5.74, 6) is -0.930. The molecular weight excluding hydrogens is 311 g/mol. The number of anilines is 1. The van der Waals surface area contributed by atoms with E-state index in [1.807, 2.05) is 11.0 Å². The SMILES string of the molecule is N#Cc1c(F)cccc1NCCNC(=O)C1CC(=O)N(C2CC2)C1. The summed E-state index contributed by atoms with van der Waals surface area (Å²) in [6.45, 7) is 1.22. The van der Waals surface area contributed by atoms with Crippen molar-refractivity contribution in [3.05, 3.63) is 29.6 Å². The average molecular weight is 330 g/mol. The van der Waals surface area contributed by atoms with Gasteiger partial charge in [-0.25, -0.2) is 4.39 Å². The molecule has 1 aliphatic heterocycles. The largest absolute Gasteiger partial charge is 0.382 e. The quantitative estimate of drug-likeness (QED) is 0.769. The monoisotopic (exact) mass is 330 g/mol. The lowest BCUT2D eigenvalue weighted by atomic mass is 10.1. The van der Waals surface area contributed by atoms with E-state index < -0.39 is 5.82 Å². The molecule has 126 valence electrons. The number of carbonyl (C=O) groups excluding carboxylic acids is 2. The van der Waals surface area contributed by atoms with Crippen LogP contribution >= 0.6 is 0 Å². The molecule has 2 fully saturated rings. The first-order valence-corrected chi connectivity index (χ1v) is 8.10. The molecule has 1 saturated carbocycles. The van der Waals surface area contributed by atoms with Gasteiger partial charge in [0.2, 0.25) is 11.8 Å². The number of nitriles is 1. The first kappa shape index (κ1) is 16.2. The minimum absolute atomic E-state index is 0.0368. The number of halogens is 1. The molecule has 1 unspecified atom stereocenters. The summed E-state index contributed by atoms with van der Waals surface area (Å²) in [5.41, 5.74) is 0.369. The molecule has 6 nitrogen and oxygen atoms in total. The van der Waals surface area contributed by atoms with Gasteiger partial charge in [-0.1, -0.05) is 6.07 Å². The molecule has 2 amide bonds. The highest BCUT2D eigenvalue weighted by molar-refractivity contribution is 5.89. The highest BCUT2D eigenvalue weighted by Crippen LogP contribution is 2.32. The van der Waals surface area contributed by atoms with Gasteiger partial charge in [-0.2, -0.15) is 5.26 Å². The molecule has 24 heavy (non-hydrogen) atoms. The molecule has 0 aromatic heterocycles. The summed E-state index contributed by atoms with van der Waals surface area (Å²) in [5, 5.41) is 14.7. The molecule has 1 aliphatic carbocycles. The van der Waals surface area contributed by atoms with Crippen LogP contribution in [0.4, 0.5) is 10.1 Å². The van der Waals surface area contributed by atoms with Crippen LogP contribution < -0.4 is 10.6 Å². The summed E-state index contributed by atoms with van der Waals surface area (Å²) in [6.07, 6.45) is 2.36. The molecule has 7 heteroatoms. The number of hydrogen-bond acceptors (Lipinski definition) is 4. The summed E-state index contributed by atoms with van der Waals surface area (Å²) in [4.78, 5) is 25.8. The van der Waals surface area contributed by atoms with Crippen LogP contribution in [0.5, 0.6) is 0 Å². The van der Waals surface area contributed by atoms with Crippen molar-refractivity contribution in [2.75, 3.05) is 25.0 Å². The Morgan fingerprint density at radius 3 is 2.88 bits per heavy atom. The molecule has 1 saturated heterocycles. The molecule has 2 N–H and O–H groups in total. The van der Waals surface area contributed by atoms with Gasteiger partial charge in [-0.3, -0.25) is 9.59 Å². The average Bonchev–Trinajstić information content (AvgIpc) is 3.33. The fourth-order valence-corrected chi connectivity index (χ4v) is 2.96. The molecule has 0 radical (unpaired) electrons. The Kier molecular flexibility index (Phi) is 4.65. The van der Waals surface area contributed by atoms with Crippen LogP contribution in [0.1, 0.15) is 24.8 Å². The summed E-state index contributed by atoms with van der Waals surface area (Å²) in [7, 11) is 0. The maximum absolute atomic E-state index is 13.5. The second-order valence-electron chi connectivity index (χ2n) is 6.17. The molecule has 1 aromatic rings. The van der Waals surface area contributed by atoms with Gasteiger partial charge in [0.05, 0.1) is 11.6 Å². The molecule has 1 heterocycles. The van der Waals surface area contributed by atoms with Crippen LogP contribution in [0.3, 0.4) is 0 Å². The minimum atomic E-state index is -0.573. The van der Waals surface area contributed by atoms with Crippen molar-refractivity contribution in [1.29, 1.82) is 5.26 Å². The van der Waals surface area contributed by atoms with E-state index in [-0.39, 0.29) is 29.7 Å². The third kappa shape index (κ3) is 3.48. The smallest absolute Gasteiger partial charge is 0.225 e. The number of hydrogen-bond donors (Lipinski definition) is 2. The lowest BCUT2D eigenvalue weighted by molar-refractivity contribution is -0.129. The highest BCUT2D eigenvalue weighted by atomic mass is 19.1. The molecule has 0 spiro atoms. The van der Waals surface area contributed by atoms with E-state index in [2.05, 4.69) is 10.6 Å². The van der Waals surface area contributed by atoms with E-state index in [0.717, 1.165) is 12.8 Å². The Hall–Kier alpha value is -2.62. The summed E-state index contributed by atoms with van der Waals surface area (Å²) >= 11 is 0. The Bertz CT molecular complexity index is 696. The van der Waals surface area contributed by atoms with Gasteiger partial charge in [-0.05, 0) is 25.0 Å².